The van der Waals surface area contributed by atoms with Gasteiger partial charge in [-0.3, -0.25) is 4.79 Å². The second-order valence-electron chi connectivity index (χ2n) is 4.15. The van der Waals surface area contributed by atoms with E-state index in [-0.39, 0.29) is 5.91 Å². The summed E-state index contributed by atoms with van der Waals surface area (Å²) in [7, 11) is 1.63. The summed E-state index contributed by atoms with van der Waals surface area (Å²) in [6.45, 7) is 1.93. The zero-order chi connectivity index (χ0) is 14.1. The number of nitrogens with zero attached hydrogens (tertiary/aromatic N) is 2. The molecule has 1 amide bonds. The monoisotopic (exact) mass is 304 g/mol. The Labute approximate surface area is 123 Å². The van der Waals surface area contributed by atoms with Crippen LogP contribution in [0, 0.1) is 6.92 Å². The van der Waals surface area contributed by atoms with Gasteiger partial charge in [0, 0.05) is 23.5 Å². The SMILES string of the molecule is CNC(=O)c1cccc2c(Sc3nnc(C)s3)c[nH]c12. The van der Waals surface area contributed by atoms with Crippen LogP contribution in [0.15, 0.2) is 33.6 Å². The van der Waals surface area contributed by atoms with Crippen LogP contribution in [0.2, 0.25) is 0 Å². The molecule has 3 aromatic rings. The molecule has 0 saturated carbocycles. The van der Waals surface area contributed by atoms with Gasteiger partial charge in [0.25, 0.3) is 5.91 Å². The molecule has 0 aliphatic heterocycles. The fourth-order valence-corrected chi connectivity index (χ4v) is 3.83. The van der Waals surface area contributed by atoms with E-state index in [2.05, 4.69) is 20.5 Å². The first kappa shape index (κ1) is 13.1. The number of para-hydroxylation sites is 1. The summed E-state index contributed by atoms with van der Waals surface area (Å²) in [6.07, 6.45) is 1.90. The van der Waals surface area contributed by atoms with Crippen molar-refractivity contribution in [3.63, 3.8) is 0 Å². The van der Waals surface area contributed by atoms with Crippen LogP contribution in [0.3, 0.4) is 0 Å². The van der Waals surface area contributed by atoms with Crippen LogP contribution in [0.25, 0.3) is 10.9 Å². The van der Waals surface area contributed by atoms with Crippen molar-refractivity contribution in [3.8, 4) is 0 Å². The molecule has 2 N–H and O–H groups in total. The fraction of sp³-hybridized carbons (Fsp3) is 0.154. The number of aromatic amines is 1. The van der Waals surface area contributed by atoms with Crippen LogP contribution in [-0.4, -0.2) is 28.1 Å². The smallest absolute Gasteiger partial charge is 0.253 e. The van der Waals surface area contributed by atoms with Gasteiger partial charge in [-0.15, -0.1) is 10.2 Å². The Bertz CT molecular complexity index is 778. The molecule has 2 heterocycles. The number of aryl methyl sites for hydroxylation is 1. The molecule has 1 aromatic carbocycles. The molecule has 3 rings (SSSR count). The van der Waals surface area contributed by atoms with E-state index >= 15 is 0 Å². The summed E-state index contributed by atoms with van der Waals surface area (Å²) in [5.41, 5.74) is 1.49. The van der Waals surface area contributed by atoms with Crippen LogP contribution in [0.5, 0.6) is 0 Å². The number of hydrogen-bond acceptors (Lipinski definition) is 5. The van der Waals surface area contributed by atoms with Gasteiger partial charge in [0.05, 0.1) is 11.1 Å². The molecule has 0 aliphatic rings. The van der Waals surface area contributed by atoms with Gasteiger partial charge in [-0.05, 0) is 13.0 Å². The quantitative estimate of drug-likeness (QED) is 0.780. The largest absolute Gasteiger partial charge is 0.359 e. The van der Waals surface area contributed by atoms with Crippen molar-refractivity contribution in [3.05, 3.63) is 35.0 Å². The van der Waals surface area contributed by atoms with E-state index in [1.54, 1.807) is 36.2 Å². The van der Waals surface area contributed by atoms with Crippen molar-refractivity contribution in [2.75, 3.05) is 7.05 Å². The van der Waals surface area contributed by atoms with Gasteiger partial charge >= 0.3 is 0 Å². The lowest BCUT2D eigenvalue weighted by Crippen LogP contribution is -2.17. The second kappa shape index (κ2) is 5.26. The maximum absolute atomic E-state index is 11.8. The van der Waals surface area contributed by atoms with E-state index in [9.17, 15) is 4.79 Å². The van der Waals surface area contributed by atoms with E-state index in [0.29, 0.717) is 5.56 Å². The first-order chi connectivity index (χ1) is 9.69. The number of benzene rings is 1. The highest BCUT2D eigenvalue weighted by Crippen LogP contribution is 2.35. The Morgan fingerprint density at radius 3 is 2.95 bits per heavy atom. The molecule has 20 heavy (non-hydrogen) atoms. The number of hydrogen-bond donors (Lipinski definition) is 2. The molecule has 0 bridgehead atoms. The summed E-state index contributed by atoms with van der Waals surface area (Å²) in [5, 5.41) is 12.7. The Balaban J connectivity index is 2.03. The van der Waals surface area contributed by atoms with Crippen LogP contribution < -0.4 is 5.32 Å². The number of fused-ring (bicyclic) bond motifs is 1. The molecule has 0 unspecified atom stereocenters. The van der Waals surface area contributed by atoms with Crippen molar-refractivity contribution in [1.29, 1.82) is 0 Å². The van der Waals surface area contributed by atoms with E-state index in [4.69, 9.17) is 0 Å². The van der Waals surface area contributed by atoms with Gasteiger partial charge in [0.15, 0.2) is 4.34 Å². The maximum atomic E-state index is 11.8. The van der Waals surface area contributed by atoms with Gasteiger partial charge < -0.3 is 10.3 Å². The minimum absolute atomic E-state index is 0.0965. The van der Waals surface area contributed by atoms with E-state index in [0.717, 1.165) is 25.1 Å². The van der Waals surface area contributed by atoms with Crippen LogP contribution in [-0.2, 0) is 0 Å². The summed E-state index contributed by atoms with van der Waals surface area (Å²) in [6, 6.07) is 5.69. The maximum Gasteiger partial charge on any atom is 0.253 e. The zero-order valence-electron chi connectivity index (χ0n) is 10.9. The Hall–Kier alpha value is -1.86. The third-order valence-corrected chi connectivity index (χ3v) is 4.80. The normalized spacial score (nSPS) is 10.9. The van der Waals surface area contributed by atoms with Gasteiger partial charge in [-0.25, -0.2) is 0 Å². The van der Waals surface area contributed by atoms with E-state index in [1.165, 1.54) is 0 Å². The molecule has 0 spiro atoms. The third kappa shape index (κ3) is 2.30. The highest BCUT2D eigenvalue weighted by molar-refractivity contribution is 8.01. The molecular weight excluding hydrogens is 292 g/mol. The number of aromatic nitrogens is 3. The molecule has 0 radical (unpaired) electrons. The number of nitrogens with one attached hydrogen (secondary N) is 2. The predicted octanol–water partition coefficient (Wildman–Crippen LogP) is 2.84. The topological polar surface area (TPSA) is 70.7 Å². The third-order valence-electron chi connectivity index (χ3n) is 2.85. The molecular formula is C13H12N4OS2. The summed E-state index contributed by atoms with van der Waals surface area (Å²) in [4.78, 5) is 16.1. The average Bonchev–Trinajstić information content (AvgIpc) is 3.05. The van der Waals surface area contributed by atoms with Gasteiger partial charge in [-0.1, -0.05) is 35.2 Å². The fourth-order valence-electron chi connectivity index (χ4n) is 1.95. The van der Waals surface area contributed by atoms with Gasteiger partial charge in [-0.2, -0.15) is 0 Å². The van der Waals surface area contributed by atoms with Crippen LogP contribution in [0.4, 0.5) is 0 Å². The molecule has 0 fully saturated rings. The van der Waals surface area contributed by atoms with Crippen molar-refractivity contribution in [2.24, 2.45) is 0 Å². The Morgan fingerprint density at radius 1 is 1.40 bits per heavy atom. The molecule has 0 aliphatic carbocycles. The molecule has 7 heteroatoms. The Morgan fingerprint density at radius 2 is 2.25 bits per heavy atom. The standard InChI is InChI=1S/C13H12N4OS2/c1-7-16-17-13(19-7)20-10-6-15-11-8(10)4-3-5-9(11)12(18)14-2/h3-6,15H,1-2H3,(H,14,18). The number of carbonyl (C=O) groups is 1. The minimum atomic E-state index is -0.0965. The average molecular weight is 304 g/mol. The van der Waals surface area contributed by atoms with Crippen LogP contribution in [0.1, 0.15) is 15.4 Å². The highest BCUT2D eigenvalue weighted by Gasteiger charge is 2.14. The lowest BCUT2D eigenvalue weighted by Gasteiger charge is -2.01. The summed E-state index contributed by atoms with van der Waals surface area (Å²) in [5.74, 6) is -0.0965. The summed E-state index contributed by atoms with van der Waals surface area (Å²) >= 11 is 3.11. The molecule has 0 atom stereocenters. The molecule has 102 valence electrons. The molecule has 0 saturated heterocycles. The molecule has 5 nitrogen and oxygen atoms in total. The van der Waals surface area contributed by atoms with Crippen molar-refractivity contribution >= 4 is 39.9 Å². The number of rotatable bonds is 3. The van der Waals surface area contributed by atoms with Gasteiger partial charge in [0.2, 0.25) is 0 Å². The Kier molecular flexibility index (Phi) is 3.45. The number of H-pyrrole nitrogens is 1. The number of amides is 1. The van der Waals surface area contributed by atoms with E-state index in [1.807, 2.05) is 25.3 Å². The number of carbonyl (C=O) groups excluding carboxylic acids is 1. The van der Waals surface area contributed by atoms with Crippen molar-refractivity contribution in [1.82, 2.24) is 20.5 Å². The minimum Gasteiger partial charge on any atom is -0.359 e. The zero-order valence-corrected chi connectivity index (χ0v) is 12.6. The first-order valence-corrected chi connectivity index (χ1v) is 7.62. The second-order valence-corrected chi connectivity index (χ2v) is 6.62. The highest BCUT2D eigenvalue weighted by atomic mass is 32.2. The van der Waals surface area contributed by atoms with Crippen molar-refractivity contribution in [2.45, 2.75) is 16.2 Å². The first-order valence-electron chi connectivity index (χ1n) is 5.99. The summed E-state index contributed by atoms with van der Waals surface area (Å²) < 4.78 is 0.897. The van der Waals surface area contributed by atoms with E-state index < -0.39 is 0 Å². The molecule has 2 aromatic heterocycles. The lowest BCUT2D eigenvalue weighted by atomic mass is 10.1. The van der Waals surface area contributed by atoms with Crippen LogP contribution >= 0.6 is 23.1 Å². The van der Waals surface area contributed by atoms with Crippen molar-refractivity contribution < 1.29 is 4.79 Å². The van der Waals surface area contributed by atoms with Gasteiger partial charge in [0.1, 0.15) is 5.01 Å². The predicted molar refractivity (Wildman–Crippen MR) is 80.5 cm³/mol. The lowest BCUT2D eigenvalue weighted by molar-refractivity contribution is 0.0964.